The van der Waals surface area contributed by atoms with E-state index < -0.39 is 56.5 Å². The molecule has 1 rings (SSSR count). The Bertz CT molecular complexity index is 791. The van der Waals surface area contributed by atoms with E-state index in [1.807, 2.05) is 6.92 Å². The Hall–Kier alpha value is -2.91. The maximum absolute atomic E-state index is 14.4. The SMILES string of the molecule is CCCCN=CC(C(=O)OC)=C(O)c1c(F)c(C)c(F)c(F)c1[N+](=O)[O-]. The topological polar surface area (TPSA) is 102 Å². The summed E-state index contributed by atoms with van der Waals surface area (Å²) in [5.41, 5.74) is -4.50. The van der Waals surface area contributed by atoms with Crippen LogP contribution in [0, 0.1) is 34.5 Å². The molecule has 0 fully saturated rings. The lowest BCUT2D eigenvalue weighted by atomic mass is 10.0. The third-order valence-corrected chi connectivity index (χ3v) is 3.46. The fourth-order valence-corrected chi connectivity index (χ4v) is 2.01. The number of aliphatic hydroxyl groups excluding tert-OH is 1. The molecule has 0 atom stereocenters. The minimum Gasteiger partial charge on any atom is -0.506 e. The van der Waals surface area contributed by atoms with Gasteiger partial charge in [0.25, 0.3) is 0 Å². The maximum atomic E-state index is 14.4. The number of nitrogens with zero attached hydrogens (tertiary/aromatic N) is 2. The Balaban J connectivity index is 3.77. The summed E-state index contributed by atoms with van der Waals surface area (Å²) in [5.74, 6) is -7.75. The number of aliphatic imine (C=N–C) groups is 1. The summed E-state index contributed by atoms with van der Waals surface area (Å²) < 4.78 is 46.4. The molecule has 0 saturated heterocycles. The zero-order chi connectivity index (χ0) is 20.0. The van der Waals surface area contributed by atoms with Crippen LogP contribution in [0.15, 0.2) is 10.6 Å². The molecule has 0 unspecified atom stereocenters. The summed E-state index contributed by atoms with van der Waals surface area (Å²) in [6.45, 7) is 2.97. The van der Waals surface area contributed by atoms with Crippen molar-refractivity contribution in [3.63, 3.8) is 0 Å². The minimum atomic E-state index is -1.96. The molecule has 0 aliphatic carbocycles. The number of unbranched alkanes of at least 4 members (excludes halogenated alkanes) is 1. The highest BCUT2D eigenvalue weighted by molar-refractivity contribution is 6.15. The van der Waals surface area contributed by atoms with E-state index in [0.717, 1.165) is 26.7 Å². The van der Waals surface area contributed by atoms with E-state index in [2.05, 4.69) is 9.73 Å². The van der Waals surface area contributed by atoms with Gasteiger partial charge in [-0.3, -0.25) is 15.1 Å². The summed E-state index contributed by atoms with van der Waals surface area (Å²) in [7, 11) is 0.955. The molecule has 0 bridgehead atoms. The molecule has 1 aromatic carbocycles. The predicted molar refractivity (Wildman–Crippen MR) is 87.5 cm³/mol. The zero-order valence-electron chi connectivity index (χ0n) is 14.3. The second-order valence-electron chi connectivity index (χ2n) is 5.19. The minimum absolute atomic E-state index is 0.256. The van der Waals surface area contributed by atoms with Gasteiger partial charge in [0.1, 0.15) is 22.7 Å². The third kappa shape index (κ3) is 4.19. The van der Waals surface area contributed by atoms with E-state index in [1.54, 1.807) is 0 Å². The van der Waals surface area contributed by atoms with Crippen LogP contribution in [0.2, 0.25) is 0 Å². The Morgan fingerprint density at radius 2 is 1.92 bits per heavy atom. The van der Waals surface area contributed by atoms with Gasteiger partial charge in [0.2, 0.25) is 5.82 Å². The molecule has 0 heterocycles. The molecular weight excluding hydrogens is 357 g/mol. The zero-order valence-corrected chi connectivity index (χ0v) is 14.3. The van der Waals surface area contributed by atoms with Gasteiger partial charge in [-0.05, 0) is 13.3 Å². The molecule has 0 saturated carbocycles. The number of hydrogen-bond acceptors (Lipinski definition) is 6. The van der Waals surface area contributed by atoms with Crippen LogP contribution in [0.4, 0.5) is 18.9 Å². The van der Waals surface area contributed by atoms with Gasteiger partial charge in [0.15, 0.2) is 5.82 Å². The quantitative estimate of drug-likeness (QED) is 0.115. The summed E-state index contributed by atoms with van der Waals surface area (Å²) in [5, 5.41) is 21.3. The van der Waals surface area contributed by atoms with Crippen molar-refractivity contribution >= 4 is 23.6 Å². The molecule has 142 valence electrons. The number of carbonyl (C=O) groups excluding carboxylic acids is 1. The standard InChI is InChI=1S/C16H17F3N2O5/c1-4-5-6-20-7-9(16(23)26-3)15(22)10-11(17)8(2)12(18)13(19)14(10)21(24)25/h7,22H,4-6H2,1-3H3. The van der Waals surface area contributed by atoms with Crippen molar-refractivity contribution in [3.05, 3.63) is 44.3 Å². The van der Waals surface area contributed by atoms with Gasteiger partial charge >= 0.3 is 11.7 Å². The number of methoxy groups -OCH3 is 1. The van der Waals surface area contributed by atoms with E-state index in [1.165, 1.54) is 0 Å². The van der Waals surface area contributed by atoms with Gasteiger partial charge < -0.3 is 9.84 Å². The Labute approximate surface area is 147 Å². The van der Waals surface area contributed by atoms with E-state index in [9.17, 15) is 33.2 Å². The lowest BCUT2D eigenvalue weighted by Crippen LogP contribution is -2.13. The first kappa shape index (κ1) is 21.1. The monoisotopic (exact) mass is 374 g/mol. The molecule has 0 spiro atoms. The van der Waals surface area contributed by atoms with Crippen LogP contribution in [-0.4, -0.2) is 35.9 Å². The smallest absolute Gasteiger partial charge is 0.343 e. The second-order valence-corrected chi connectivity index (χ2v) is 5.19. The fourth-order valence-electron chi connectivity index (χ4n) is 2.01. The van der Waals surface area contributed by atoms with E-state index in [0.29, 0.717) is 6.42 Å². The first-order valence-corrected chi connectivity index (χ1v) is 7.52. The van der Waals surface area contributed by atoms with Crippen LogP contribution in [0.25, 0.3) is 5.76 Å². The Morgan fingerprint density at radius 3 is 2.42 bits per heavy atom. The van der Waals surface area contributed by atoms with E-state index in [4.69, 9.17) is 0 Å². The van der Waals surface area contributed by atoms with Crippen molar-refractivity contribution in [1.29, 1.82) is 0 Å². The molecular formula is C16H17F3N2O5. The van der Waals surface area contributed by atoms with Crippen LogP contribution in [0.3, 0.4) is 0 Å². The van der Waals surface area contributed by atoms with Gasteiger partial charge in [-0.15, -0.1) is 0 Å². The first-order chi connectivity index (χ1) is 12.2. The predicted octanol–water partition coefficient (Wildman–Crippen LogP) is 3.63. The molecule has 0 aromatic heterocycles. The molecule has 0 amide bonds. The number of nitro groups is 1. The lowest BCUT2D eigenvalue weighted by molar-refractivity contribution is -0.388. The van der Waals surface area contributed by atoms with Gasteiger partial charge in [0, 0.05) is 18.3 Å². The number of aliphatic hydroxyl groups is 1. The van der Waals surface area contributed by atoms with Crippen molar-refractivity contribution in [1.82, 2.24) is 0 Å². The van der Waals surface area contributed by atoms with Crippen LogP contribution in [0.1, 0.15) is 30.9 Å². The van der Waals surface area contributed by atoms with E-state index in [-0.39, 0.29) is 6.54 Å². The second kappa shape index (κ2) is 8.97. The van der Waals surface area contributed by atoms with Crippen molar-refractivity contribution in [2.75, 3.05) is 13.7 Å². The number of carbonyl (C=O) groups is 1. The largest absolute Gasteiger partial charge is 0.506 e. The number of ether oxygens (including phenoxy) is 1. The number of hydrogen-bond donors (Lipinski definition) is 1. The molecule has 26 heavy (non-hydrogen) atoms. The van der Waals surface area contributed by atoms with Crippen molar-refractivity contribution in [2.24, 2.45) is 4.99 Å². The van der Waals surface area contributed by atoms with Gasteiger partial charge in [-0.2, -0.15) is 4.39 Å². The van der Waals surface area contributed by atoms with Crippen LogP contribution in [-0.2, 0) is 9.53 Å². The summed E-state index contributed by atoms with van der Waals surface area (Å²) in [6.07, 6.45) is 2.27. The summed E-state index contributed by atoms with van der Waals surface area (Å²) in [4.78, 5) is 25.3. The first-order valence-electron chi connectivity index (χ1n) is 7.52. The highest BCUT2D eigenvalue weighted by Gasteiger charge is 2.35. The van der Waals surface area contributed by atoms with Gasteiger partial charge in [-0.25, -0.2) is 13.6 Å². The Kier molecular flexibility index (Phi) is 7.29. The lowest BCUT2D eigenvalue weighted by Gasteiger charge is -2.10. The fraction of sp³-hybridized carbons (Fsp3) is 0.375. The van der Waals surface area contributed by atoms with Gasteiger partial charge in [0.05, 0.1) is 12.0 Å². The molecule has 0 aliphatic heterocycles. The number of benzene rings is 1. The molecule has 7 nitrogen and oxygen atoms in total. The van der Waals surface area contributed by atoms with Crippen molar-refractivity contribution < 1.29 is 32.7 Å². The summed E-state index contributed by atoms with van der Waals surface area (Å²) >= 11 is 0. The normalized spacial score (nSPS) is 12.2. The van der Waals surface area contributed by atoms with Crippen LogP contribution in [0.5, 0.6) is 0 Å². The Morgan fingerprint density at radius 1 is 1.31 bits per heavy atom. The highest BCUT2D eigenvalue weighted by atomic mass is 19.2. The van der Waals surface area contributed by atoms with E-state index >= 15 is 0 Å². The van der Waals surface area contributed by atoms with Crippen molar-refractivity contribution in [2.45, 2.75) is 26.7 Å². The molecule has 0 radical (unpaired) electrons. The number of nitro benzene ring substituents is 1. The maximum Gasteiger partial charge on any atom is 0.343 e. The third-order valence-electron chi connectivity index (χ3n) is 3.46. The average Bonchev–Trinajstić information content (AvgIpc) is 2.61. The van der Waals surface area contributed by atoms with Crippen LogP contribution >= 0.6 is 0 Å². The number of halogens is 3. The van der Waals surface area contributed by atoms with Crippen molar-refractivity contribution in [3.8, 4) is 0 Å². The van der Waals surface area contributed by atoms with Gasteiger partial charge in [-0.1, -0.05) is 13.3 Å². The number of rotatable bonds is 7. The molecule has 10 heteroatoms. The average molecular weight is 374 g/mol. The molecule has 1 N–H and O–H groups in total. The number of esters is 1. The van der Waals surface area contributed by atoms with Crippen LogP contribution < -0.4 is 0 Å². The molecule has 1 aromatic rings. The highest BCUT2D eigenvalue weighted by Crippen LogP contribution is 2.35. The molecule has 0 aliphatic rings. The summed E-state index contributed by atoms with van der Waals surface area (Å²) in [6, 6.07) is 0.